The van der Waals surface area contributed by atoms with Crippen molar-refractivity contribution in [2.45, 2.75) is 19.9 Å². The third-order valence-electron chi connectivity index (χ3n) is 4.49. The molecular weight excluding hydrogens is 356 g/mol. The third-order valence-corrected chi connectivity index (χ3v) is 5.33. The zero-order chi connectivity index (χ0) is 18.8. The molecule has 0 fully saturated rings. The summed E-state index contributed by atoms with van der Waals surface area (Å²) in [5.41, 5.74) is 4.06. The molecule has 2 aromatic carbocycles. The molecule has 1 atom stereocenters. The van der Waals surface area contributed by atoms with Gasteiger partial charge in [0.05, 0.1) is 24.0 Å². The number of furan rings is 1. The van der Waals surface area contributed by atoms with Crippen LogP contribution in [0, 0.1) is 6.92 Å². The highest BCUT2D eigenvalue weighted by Gasteiger charge is 2.17. The van der Waals surface area contributed by atoms with Gasteiger partial charge < -0.3 is 13.7 Å². The number of para-hydroxylation sites is 1. The average molecular weight is 378 g/mol. The van der Waals surface area contributed by atoms with Gasteiger partial charge in [-0.1, -0.05) is 30.3 Å². The largest absolute Gasteiger partial charge is 0.454 e. The molecule has 2 aromatic heterocycles. The topological polar surface area (TPSA) is 39.7 Å². The molecule has 0 amide bonds. The number of methoxy groups -OCH3 is 1. The number of nitrogens with zero attached hydrogens (tertiary/aromatic N) is 2. The van der Waals surface area contributed by atoms with Crippen molar-refractivity contribution in [3.8, 4) is 11.5 Å². The Morgan fingerprint density at radius 1 is 1.15 bits per heavy atom. The first-order chi connectivity index (χ1) is 13.2. The Balaban J connectivity index is 1.88. The number of benzene rings is 2. The normalized spacial score (nSPS) is 13.4. The summed E-state index contributed by atoms with van der Waals surface area (Å²) >= 11 is 1.62. The Morgan fingerprint density at radius 2 is 2.00 bits per heavy atom. The van der Waals surface area contributed by atoms with Gasteiger partial charge in [0.25, 0.3) is 0 Å². The fraction of sp³-hybridized carbons (Fsp3) is 0.227. The van der Waals surface area contributed by atoms with Gasteiger partial charge in [-0.15, -0.1) is 11.3 Å². The number of aromatic nitrogens is 1. The second-order valence-corrected chi connectivity index (χ2v) is 7.51. The molecule has 0 bridgehead atoms. The van der Waals surface area contributed by atoms with Crippen LogP contribution in [-0.4, -0.2) is 18.3 Å². The SMILES string of the molecule is COC[C@@H](C)n1c(-c2cc3ccccc3o2)csc1=Nc1cccc(C)c1. The lowest BCUT2D eigenvalue weighted by atomic mass is 10.2. The first kappa shape index (κ1) is 17.8. The van der Waals surface area contributed by atoms with Crippen molar-refractivity contribution in [3.63, 3.8) is 0 Å². The van der Waals surface area contributed by atoms with Crippen LogP contribution in [0.3, 0.4) is 0 Å². The second kappa shape index (κ2) is 7.55. The van der Waals surface area contributed by atoms with Crippen LogP contribution in [0.4, 0.5) is 5.69 Å². The van der Waals surface area contributed by atoms with E-state index in [1.165, 1.54) is 5.56 Å². The molecule has 0 spiro atoms. The van der Waals surface area contributed by atoms with Gasteiger partial charge in [-0.05, 0) is 43.7 Å². The molecule has 4 nitrogen and oxygen atoms in total. The van der Waals surface area contributed by atoms with Gasteiger partial charge in [0.1, 0.15) is 5.58 Å². The molecule has 0 saturated heterocycles. The maximum Gasteiger partial charge on any atom is 0.190 e. The third kappa shape index (κ3) is 3.61. The molecule has 0 saturated carbocycles. The summed E-state index contributed by atoms with van der Waals surface area (Å²) in [6.45, 7) is 4.82. The second-order valence-electron chi connectivity index (χ2n) is 6.68. The molecular formula is C22H22N2O2S. The molecule has 5 heteroatoms. The number of ether oxygens (including phenoxy) is 1. The van der Waals surface area contributed by atoms with Crippen LogP contribution in [0.5, 0.6) is 0 Å². The molecule has 2 heterocycles. The number of hydrogen-bond donors (Lipinski definition) is 0. The lowest BCUT2D eigenvalue weighted by molar-refractivity contribution is 0.161. The predicted molar refractivity (Wildman–Crippen MR) is 111 cm³/mol. The van der Waals surface area contributed by atoms with Crippen molar-refractivity contribution in [3.05, 3.63) is 70.3 Å². The van der Waals surface area contributed by atoms with Crippen LogP contribution in [0.1, 0.15) is 18.5 Å². The number of fused-ring (bicyclic) bond motifs is 1. The van der Waals surface area contributed by atoms with E-state index in [1.807, 2.05) is 30.3 Å². The van der Waals surface area contributed by atoms with E-state index in [9.17, 15) is 0 Å². The standard InChI is InChI=1S/C22H22N2O2S/c1-15-7-6-9-18(11-15)23-22-24(16(2)13-25-3)19(14-27-22)21-12-17-8-4-5-10-20(17)26-21/h4-12,14,16H,13H2,1-3H3/t16-/m1/s1. The number of rotatable bonds is 5. The van der Waals surface area contributed by atoms with Gasteiger partial charge in [0.15, 0.2) is 10.6 Å². The Bertz CT molecular complexity index is 1100. The molecule has 0 aliphatic rings. The summed E-state index contributed by atoms with van der Waals surface area (Å²) < 4.78 is 13.7. The van der Waals surface area contributed by atoms with E-state index >= 15 is 0 Å². The first-order valence-corrected chi connectivity index (χ1v) is 9.83. The Kier molecular flexibility index (Phi) is 4.97. The molecule has 4 rings (SSSR count). The number of thiazole rings is 1. The van der Waals surface area contributed by atoms with Crippen LogP contribution in [0.2, 0.25) is 0 Å². The lowest BCUT2D eigenvalue weighted by Gasteiger charge is -2.15. The summed E-state index contributed by atoms with van der Waals surface area (Å²) in [6, 6.07) is 18.5. The highest BCUT2D eigenvalue weighted by Crippen LogP contribution is 2.30. The quantitative estimate of drug-likeness (QED) is 0.446. The number of hydrogen-bond acceptors (Lipinski definition) is 4. The van der Waals surface area contributed by atoms with Gasteiger partial charge in [-0.2, -0.15) is 0 Å². The summed E-state index contributed by atoms with van der Waals surface area (Å²) in [7, 11) is 1.72. The smallest absolute Gasteiger partial charge is 0.190 e. The van der Waals surface area contributed by atoms with E-state index in [2.05, 4.69) is 48.1 Å². The molecule has 0 unspecified atom stereocenters. The van der Waals surface area contributed by atoms with E-state index in [0.29, 0.717) is 6.61 Å². The van der Waals surface area contributed by atoms with Crippen molar-refractivity contribution in [2.75, 3.05) is 13.7 Å². The average Bonchev–Trinajstić information content (AvgIpc) is 3.25. The van der Waals surface area contributed by atoms with Crippen LogP contribution < -0.4 is 4.80 Å². The van der Waals surface area contributed by atoms with E-state index < -0.39 is 0 Å². The van der Waals surface area contributed by atoms with Gasteiger partial charge in [0, 0.05) is 17.9 Å². The Labute approximate surface area is 162 Å². The zero-order valence-corrected chi connectivity index (χ0v) is 16.5. The van der Waals surface area contributed by atoms with Gasteiger partial charge in [-0.25, -0.2) is 4.99 Å². The van der Waals surface area contributed by atoms with Crippen molar-refractivity contribution >= 4 is 28.0 Å². The predicted octanol–water partition coefficient (Wildman–Crippen LogP) is 5.71. The number of aryl methyl sites for hydroxylation is 1. The van der Waals surface area contributed by atoms with Crippen molar-refractivity contribution in [2.24, 2.45) is 4.99 Å². The van der Waals surface area contributed by atoms with Crippen LogP contribution in [-0.2, 0) is 4.74 Å². The van der Waals surface area contributed by atoms with Crippen LogP contribution in [0.15, 0.2) is 69.4 Å². The Morgan fingerprint density at radius 3 is 2.78 bits per heavy atom. The maximum atomic E-state index is 6.11. The van der Waals surface area contributed by atoms with E-state index in [0.717, 1.165) is 32.9 Å². The van der Waals surface area contributed by atoms with Gasteiger partial charge in [-0.3, -0.25) is 0 Å². The monoisotopic (exact) mass is 378 g/mol. The first-order valence-electron chi connectivity index (χ1n) is 8.95. The molecule has 0 radical (unpaired) electrons. The minimum absolute atomic E-state index is 0.132. The molecule has 0 aliphatic carbocycles. The molecule has 0 N–H and O–H groups in total. The molecule has 27 heavy (non-hydrogen) atoms. The van der Waals surface area contributed by atoms with Crippen molar-refractivity contribution in [1.29, 1.82) is 0 Å². The fourth-order valence-electron chi connectivity index (χ4n) is 3.24. The van der Waals surface area contributed by atoms with Crippen molar-refractivity contribution in [1.82, 2.24) is 4.57 Å². The lowest BCUT2D eigenvalue weighted by Crippen LogP contribution is -2.22. The highest BCUT2D eigenvalue weighted by molar-refractivity contribution is 7.07. The highest BCUT2D eigenvalue weighted by atomic mass is 32.1. The van der Waals surface area contributed by atoms with Crippen LogP contribution in [0.25, 0.3) is 22.4 Å². The van der Waals surface area contributed by atoms with Crippen LogP contribution >= 0.6 is 11.3 Å². The Hall–Kier alpha value is -2.63. The van der Waals surface area contributed by atoms with Crippen molar-refractivity contribution < 1.29 is 9.15 Å². The zero-order valence-electron chi connectivity index (χ0n) is 15.7. The maximum absolute atomic E-state index is 6.11. The molecule has 4 aromatic rings. The molecule has 138 valence electrons. The molecule has 0 aliphatic heterocycles. The summed E-state index contributed by atoms with van der Waals surface area (Å²) in [6.07, 6.45) is 0. The van der Waals surface area contributed by atoms with Gasteiger partial charge >= 0.3 is 0 Å². The van der Waals surface area contributed by atoms with E-state index in [1.54, 1.807) is 18.4 Å². The van der Waals surface area contributed by atoms with Gasteiger partial charge in [0.2, 0.25) is 0 Å². The summed E-state index contributed by atoms with van der Waals surface area (Å²) in [4.78, 5) is 5.82. The minimum atomic E-state index is 0.132. The van der Waals surface area contributed by atoms with E-state index in [-0.39, 0.29) is 6.04 Å². The summed E-state index contributed by atoms with van der Waals surface area (Å²) in [5, 5.41) is 3.21. The minimum Gasteiger partial charge on any atom is -0.454 e. The summed E-state index contributed by atoms with van der Waals surface area (Å²) in [5.74, 6) is 0.848. The fourth-order valence-corrected chi connectivity index (χ4v) is 4.24. The van der Waals surface area contributed by atoms with E-state index in [4.69, 9.17) is 14.1 Å².